The number of carbonyl (C=O) groups is 1. The van der Waals surface area contributed by atoms with Crippen LogP contribution < -0.4 is 15.4 Å². The molecule has 1 aromatic heterocycles. The maximum Gasteiger partial charge on any atom is 0.249 e. The highest BCUT2D eigenvalue weighted by Gasteiger charge is 2.28. The SMILES string of the molecule is CC(C)c1ccccc1Oc1ccc(C2CCN(c3ccccn3)C2)c(C(N)=O)c1. The van der Waals surface area contributed by atoms with E-state index >= 15 is 0 Å². The zero-order chi connectivity index (χ0) is 21.1. The first-order chi connectivity index (χ1) is 14.5. The van der Waals surface area contributed by atoms with Gasteiger partial charge in [-0.25, -0.2) is 4.98 Å². The van der Waals surface area contributed by atoms with E-state index in [1.807, 2.05) is 48.5 Å². The number of hydrogen-bond acceptors (Lipinski definition) is 4. The molecule has 2 N–H and O–H groups in total. The van der Waals surface area contributed by atoms with Crippen molar-refractivity contribution in [2.45, 2.75) is 32.1 Å². The van der Waals surface area contributed by atoms with Crippen molar-refractivity contribution in [2.75, 3.05) is 18.0 Å². The summed E-state index contributed by atoms with van der Waals surface area (Å²) in [6, 6.07) is 19.6. The average Bonchev–Trinajstić information content (AvgIpc) is 3.24. The van der Waals surface area contributed by atoms with Crippen molar-refractivity contribution in [3.05, 3.63) is 83.6 Å². The average molecular weight is 402 g/mol. The van der Waals surface area contributed by atoms with E-state index in [2.05, 4.69) is 29.8 Å². The predicted molar refractivity (Wildman–Crippen MR) is 119 cm³/mol. The minimum Gasteiger partial charge on any atom is -0.457 e. The van der Waals surface area contributed by atoms with Gasteiger partial charge in [0.05, 0.1) is 0 Å². The Hall–Kier alpha value is -3.34. The molecule has 2 heterocycles. The smallest absolute Gasteiger partial charge is 0.249 e. The molecule has 1 aliphatic rings. The van der Waals surface area contributed by atoms with Crippen molar-refractivity contribution in [2.24, 2.45) is 5.73 Å². The fraction of sp³-hybridized carbons (Fsp3) is 0.280. The highest BCUT2D eigenvalue weighted by molar-refractivity contribution is 5.95. The lowest BCUT2D eigenvalue weighted by atomic mass is 9.93. The normalized spacial score (nSPS) is 16.1. The van der Waals surface area contributed by atoms with Crippen LogP contribution in [-0.2, 0) is 0 Å². The summed E-state index contributed by atoms with van der Waals surface area (Å²) in [7, 11) is 0. The van der Waals surface area contributed by atoms with E-state index < -0.39 is 5.91 Å². The molecule has 0 aliphatic carbocycles. The van der Waals surface area contributed by atoms with E-state index in [0.717, 1.165) is 42.2 Å². The first-order valence-corrected chi connectivity index (χ1v) is 10.4. The van der Waals surface area contributed by atoms with Gasteiger partial charge in [-0.3, -0.25) is 4.79 Å². The van der Waals surface area contributed by atoms with Crippen molar-refractivity contribution in [1.82, 2.24) is 4.98 Å². The molecule has 1 fully saturated rings. The van der Waals surface area contributed by atoms with E-state index in [0.29, 0.717) is 17.2 Å². The van der Waals surface area contributed by atoms with Crippen LogP contribution in [0.5, 0.6) is 11.5 Å². The molecular weight excluding hydrogens is 374 g/mol. The molecule has 3 aromatic rings. The lowest BCUT2D eigenvalue weighted by Crippen LogP contribution is -2.21. The number of nitrogens with two attached hydrogens (primary N) is 1. The maximum absolute atomic E-state index is 12.3. The van der Waals surface area contributed by atoms with Gasteiger partial charge in [0.15, 0.2) is 0 Å². The number of primary amides is 1. The summed E-state index contributed by atoms with van der Waals surface area (Å²) in [5.74, 6) is 2.53. The monoisotopic (exact) mass is 401 g/mol. The Morgan fingerprint density at radius 1 is 1.13 bits per heavy atom. The molecule has 0 saturated carbocycles. The predicted octanol–water partition coefficient (Wildman–Crippen LogP) is 5.09. The third-order valence-electron chi connectivity index (χ3n) is 5.66. The van der Waals surface area contributed by atoms with Crippen molar-refractivity contribution in [3.63, 3.8) is 0 Å². The van der Waals surface area contributed by atoms with Gasteiger partial charge in [-0.05, 0) is 53.8 Å². The molecule has 5 nitrogen and oxygen atoms in total. The Bertz CT molecular complexity index is 1030. The van der Waals surface area contributed by atoms with E-state index in [9.17, 15) is 4.79 Å². The minimum absolute atomic E-state index is 0.228. The van der Waals surface area contributed by atoms with Gasteiger partial charge < -0.3 is 15.4 Å². The van der Waals surface area contributed by atoms with E-state index in [1.54, 1.807) is 12.3 Å². The van der Waals surface area contributed by atoms with Crippen LogP contribution in [0.1, 0.15) is 53.6 Å². The van der Waals surface area contributed by atoms with Crippen LogP contribution in [-0.4, -0.2) is 24.0 Å². The molecule has 2 aromatic carbocycles. The number of para-hydroxylation sites is 1. The van der Waals surface area contributed by atoms with Gasteiger partial charge >= 0.3 is 0 Å². The highest BCUT2D eigenvalue weighted by Crippen LogP contribution is 2.35. The van der Waals surface area contributed by atoms with Gasteiger partial charge in [-0.1, -0.05) is 44.2 Å². The second-order valence-corrected chi connectivity index (χ2v) is 8.03. The Morgan fingerprint density at radius 3 is 2.67 bits per heavy atom. The zero-order valence-corrected chi connectivity index (χ0v) is 17.4. The molecular formula is C25H27N3O2. The summed E-state index contributed by atoms with van der Waals surface area (Å²) in [5, 5.41) is 0. The van der Waals surface area contributed by atoms with Crippen LogP contribution in [0, 0.1) is 0 Å². The zero-order valence-electron chi connectivity index (χ0n) is 17.4. The van der Waals surface area contributed by atoms with Gasteiger partial charge in [-0.15, -0.1) is 0 Å². The van der Waals surface area contributed by atoms with Crippen molar-refractivity contribution in [3.8, 4) is 11.5 Å². The van der Waals surface area contributed by atoms with E-state index in [-0.39, 0.29) is 5.92 Å². The Kier molecular flexibility index (Phi) is 5.70. The molecule has 4 rings (SSSR count). The molecule has 5 heteroatoms. The molecule has 1 atom stereocenters. The number of pyridine rings is 1. The molecule has 1 aliphatic heterocycles. The molecule has 0 spiro atoms. The summed E-state index contributed by atoms with van der Waals surface area (Å²) in [6.45, 7) is 5.98. The number of carbonyl (C=O) groups excluding carboxylic acids is 1. The number of nitrogens with zero attached hydrogens (tertiary/aromatic N) is 2. The molecule has 1 saturated heterocycles. The largest absolute Gasteiger partial charge is 0.457 e. The van der Waals surface area contributed by atoms with Crippen LogP contribution in [0.15, 0.2) is 66.9 Å². The highest BCUT2D eigenvalue weighted by atomic mass is 16.5. The Balaban J connectivity index is 1.58. The lowest BCUT2D eigenvalue weighted by molar-refractivity contribution is 0.0998. The number of amides is 1. The van der Waals surface area contributed by atoms with Crippen molar-refractivity contribution >= 4 is 11.7 Å². The summed E-state index contributed by atoms with van der Waals surface area (Å²) < 4.78 is 6.14. The number of aromatic nitrogens is 1. The number of ether oxygens (including phenoxy) is 1. The Morgan fingerprint density at radius 2 is 1.93 bits per heavy atom. The first-order valence-electron chi connectivity index (χ1n) is 10.4. The second-order valence-electron chi connectivity index (χ2n) is 8.03. The third-order valence-corrected chi connectivity index (χ3v) is 5.66. The van der Waals surface area contributed by atoms with E-state index in [4.69, 9.17) is 10.5 Å². The topological polar surface area (TPSA) is 68.4 Å². The fourth-order valence-electron chi connectivity index (χ4n) is 4.11. The van der Waals surface area contributed by atoms with Crippen LogP contribution in [0.3, 0.4) is 0 Å². The first kappa shape index (κ1) is 20.0. The van der Waals surface area contributed by atoms with Crippen molar-refractivity contribution in [1.29, 1.82) is 0 Å². The van der Waals surface area contributed by atoms with Gasteiger partial charge in [0, 0.05) is 30.8 Å². The molecule has 1 amide bonds. The molecule has 1 unspecified atom stereocenters. The number of rotatable bonds is 6. The molecule has 30 heavy (non-hydrogen) atoms. The quantitative estimate of drug-likeness (QED) is 0.625. The summed E-state index contributed by atoms with van der Waals surface area (Å²) in [6.07, 6.45) is 2.76. The fourth-order valence-corrected chi connectivity index (χ4v) is 4.11. The van der Waals surface area contributed by atoms with Crippen LogP contribution in [0.25, 0.3) is 0 Å². The molecule has 154 valence electrons. The van der Waals surface area contributed by atoms with Gasteiger partial charge in [0.25, 0.3) is 0 Å². The summed E-state index contributed by atoms with van der Waals surface area (Å²) in [5.41, 5.74) is 8.38. The second kappa shape index (κ2) is 8.57. The van der Waals surface area contributed by atoms with Crippen LogP contribution in [0.2, 0.25) is 0 Å². The number of hydrogen-bond donors (Lipinski definition) is 1. The maximum atomic E-state index is 12.3. The molecule has 0 bridgehead atoms. The van der Waals surface area contributed by atoms with Crippen LogP contribution >= 0.6 is 0 Å². The minimum atomic E-state index is -0.427. The Labute approximate surface area is 177 Å². The molecule has 0 radical (unpaired) electrons. The van der Waals surface area contributed by atoms with Gasteiger partial charge in [0.1, 0.15) is 17.3 Å². The number of benzene rings is 2. The van der Waals surface area contributed by atoms with Crippen molar-refractivity contribution < 1.29 is 9.53 Å². The lowest BCUT2D eigenvalue weighted by Gasteiger charge is -2.19. The third kappa shape index (κ3) is 4.15. The standard InChI is InChI=1S/C25H27N3O2/c1-17(2)20-7-3-4-8-23(20)30-19-10-11-21(22(15-19)25(26)29)18-12-14-28(16-18)24-9-5-6-13-27-24/h3-11,13,15,17-18H,12,14,16H2,1-2H3,(H2,26,29). The van der Waals surface area contributed by atoms with E-state index in [1.165, 1.54) is 0 Å². The van der Waals surface area contributed by atoms with Crippen LogP contribution in [0.4, 0.5) is 5.82 Å². The summed E-state index contributed by atoms with van der Waals surface area (Å²) in [4.78, 5) is 18.9. The summed E-state index contributed by atoms with van der Waals surface area (Å²) >= 11 is 0. The van der Waals surface area contributed by atoms with Gasteiger partial charge in [-0.2, -0.15) is 0 Å². The number of anilines is 1. The van der Waals surface area contributed by atoms with Gasteiger partial charge in [0.2, 0.25) is 5.91 Å².